The highest BCUT2D eigenvalue weighted by atomic mass is 32.2. The smallest absolute Gasteiger partial charge is 0.242 e. The Morgan fingerprint density at radius 3 is 2.57 bits per heavy atom. The molecular formula is C21H18FN3O2S. The van der Waals surface area contributed by atoms with Gasteiger partial charge in [0.15, 0.2) is 11.0 Å². The van der Waals surface area contributed by atoms with Gasteiger partial charge in [-0.25, -0.2) is 4.39 Å². The molecule has 1 amide bonds. The molecule has 1 atom stereocenters. The van der Waals surface area contributed by atoms with E-state index in [-0.39, 0.29) is 24.7 Å². The van der Waals surface area contributed by atoms with Crippen LogP contribution >= 0.6 is 11.8 Å². The molecule has 0 bridgehead atoms. The minimum absolute atomic E-state index is 0.00416. The Morgan fingerprint density at radius 2 is 1.89 bits per heavy atom. The third-order valence-electron chi connectivity index (χ3n) is 4.02. The van der Waals surface area contributed by atoms with Crippen molar-refractivity contribution in [2.45, 2.75) is 11.7 Å². The molecule has 0 saturated carbocycles. The van der Waals surface area contributed by atoms with Crippen LogP contribution in [-0.4, -0.2) is 39.8 Å². The van der Waals surface area contributed by atoms with Crippen molar-refractivity contribution in [2.75, 3.05) is 6.54 Å². The highest BCUT2D eigenvalue weighted by molar-refractivity contribution is 8.15. The van der Waals surface area contributed by atoms with Crippen molar-refractivity contribution in [1.29, 1.82) is 0 Å². The number of ketones is 1. The molecule has 28 heavy (non-hydrogen) atoms. The van der Waals surface area contributed by atoms with Crippen molar-refractivity contribution in [3.05, 3.63) is 84.2 Å². The molecule has 0 aromatic heterocycles. The molecule has 1 fully saturated rings. The number of benzene rings is 2. The number of carbonyl (C=O) groups is 2. The number of hydrogen-bond donors (Lipinski definition) is 0. The molecule has 2 aromatic rings. The number of Topliss-reactive ketones (excluding diaryl/α,β-unsaturated/α-hetero) is 1. The average Bonchev–Trinajstić information content (AvgIpc) is 2.99. The van der Waals surface area contributed by atoms with Crippen molar-refractivity contribution >= 4 is 34.8 Å². The molecule has 1 saturated heterocycles. The van der Waals surface area contributed by atoms with Crippen LogP contribution in [0.5, 0.6) is 0 Å². The molecular weight excluding hydrogens is 377 g/mol. The van der Waals surface area contributed by atoms with E-state index in [9.17, 15) is 14.0 Å². The standard InChI is InChI=1S/C21H18FN3O2S/c1-2-12-25-20(27)19(13-18(26)16-8-10-17(22)11-9-16)28-21(25)24-23-14-15-6-4-3-5-7-15/h2-11,14,19H,1,12-13H2/b23-14-,24-21-/t19-/m0/s1. The molecule has 5 nitrogen and oxygen atoms in total. The van der Waals surface area contributed by atoms with Crippen molar-refractivity contribution in [3.8, 4) is 0 Å². The fraction of sp³-hybridized carbons (Fsp3) is 0.143. The molecule has 1 heterocycles. The molecule has 142 valence electrons. The normalized spacial score (nSPS) is 18.2. The fourth-order valence-electron chi connectivity index (χ4n) is 2.62. The summed E-state index contributed by atoms with van der Waals surface area (Å²) in [6, 6.07) is 14.8. The Bertz CT molecular complexity index is 926. The number of nitrogens with zero attached hydrogens (tertiary/aromatic N) is 3. The maximum atomic E-state index is 13.0. The first-order valence-corrected chi connectivity index (χ1v) is 9.50. The van der Waals surface area contributed by atoms with Gasteiger partial charge in [-0.3, -0.25) is 14.5 Å². The van der Waals surface area contributed by atoms with Crippen molar-refractivity contribution in [3.63, 3.8) is 0 Å². The van der Waals surface area contributed by atoms with Crippen LogP contribution in [0.2, 0.25) is 0 Å². The van der Waals surface area contributed by atoms with E-state index in [0.717, 1.165) is 5.56 Å². The summed E-state index contributed by atoms with van der Waals surface area (Å²) >= 11 is 1.20. The Kier molecular flexibility index (Phi) is 6.49. The third kappa shape index (κ3) is 4.80. The molecule has 2 aromatic carbocycles. The predicted molar refractivity (Wildman–Crippen MR) is 110 cm³/mol. The van der Waals surface area contributed by atoms with Gasteiger partial charge in [-0.05, 0) is 29.8 Å². The molecule has 0 aliphatic carbocycles. The second kappa shape index (κ2) is 9.23. The molecule has 0 radical (unpaired) electrons. The number of halogens is 1. The van der Waals surface area contributed by atoms with Crippen LogP contribution < -0.4 is 0 Å². The van der Waals surface area contributed by atoms with E-state index in [4.69, 9.17) is 0 Å². The van der Waals surface area contributed by atoms with Gasteiger partial charge in [0.05, 0.1) is 11.5 Å². The minimum atomic E-state index is -0.594. The van der Waals surface area contributed by atoms with Gasteiger partial charge in [0, 0.05) is 18.5 Å². The van der Waals surface area contributed by atoms with Crippen LogP contribution in [0.15, 0.2) is 77.5 Å². The number of amides is 1. The number of amidine groups is 1. The lowest BCUT2D eigenvalue weighted by Crippen LogP contribution is -2.32. The van der Waals surface area contributed by atoms with Crippen LogP contribution in [0.3, 0.4) is 0 Å². The summed E-state index contributed by atoms with van der Waals surface area (Å²) in [4.78, 5) is 26.6. The second-order valence-corrected chi connectivity index (χ2v) is 7.19. The van der Waals surface area contributed by atoms with Gasteiger partial charge in [0.2, 0.25) is 5.91 Å². The highest BCUT2D eigenvalue weighted by Crippen LogP contribution is 2.30. The largest absolute Gasteiger partial charge is 0.294 e. The Morgan fingerprint density at radius 1 is 1.18 bits per heavy atom. The minimum Gasteiger partial charge on any atom is -0.294 e. The fourth-order valence-corrected chi connectivity index (χ4v) is 3.72. The van der Waals surface area contributed by atoms with E-state index in [1.807, 2.05) is 30.3 Å². The lowest BCUT2D eigenvalue weighted by Gasteiger charge is -2.12. The lowest BCUT2D eigenvalue weighted by atomic mass is 10.1. The summed E-state index contributed by atoms with van der Waals surface area (Å²) in [5.41, 5.74) is 1.26. The molecule has 0 spiro atoms. The Balaban J connectivity index is 1.73. The van der Waals surface area contributed by atoms with E-state index < -0.39 is 11.1 Å². The number of carbonyl (C=O) groups excluding carboxylic acids is 2. The summed E-state index contributed by atoms with van der Waals surface area (Å²) in [7, 11) is 0. The SMILES string of the molecule is C=CCN1C(=O)[C@H](CC(=O)c2ccc(F)cc2)S/C1=N\N=C/c1ccccc1. The number of thioether (sulfide) groups is 1. The quantitative estimate of drug-likeness (QED) is 0.309. The summed E-state index contributed by atoms with van der Waals surface area (Å²) < 4.78 is 13.0. The van der Waals surface area contributed by atoms with Crippen molar-refractivity contribution in [1.82, 2.24) is 4.90 Å². The molecule has 7 heteroatoms. The van der Waals surface area contributed by atoms with Crippen LogP contribution in [0.1, 0.15) is 22.3 Å². The summed E-state index contributed by atoms with van der Waals surface area (Å²) in [6.45, 7) is 3.95. The van der Waals surface area contributed by atoms with Gasteiger partial charge in [0.25, 0.3) is 0 Å². The van der Waals surface area contributed by atoms with Crippen LogP contribution in [-0.2, 0) is 4.79 Å². The first-order valence-electron chi connectivity index (χ1n) is 8.62. The average molecular weight is 395 g/mol. The van der Waals surface area contributed by atoms with Gasteiger partial charge in [-0.15, -0.1) is 11.7 Å². The predicted octanol–water partition coefficient (Wildman–Crippen LogP) is 3.92. The zero-order valence-corrected chi connectivity index (χ0v) is 15.8. The van der Waals surface area contributed by atoms with Gasteiger partial charge in [-0.1, -0.05) is 48.2 Å². The highest BCUT2D eigenvalue weighted by Gasteiger charge is 2.38. The lowest BCUT2D eigenvalue weighted by molar-refractivity contribution is -0.125. The summed E-state index contributed by atoms with van der Waals surface area (Å²) in [6.07, 6.45) is 3.20. The zero-order chi connectivity index (χ0) is 19.9. The van der Waals surface area contributed by atoms with Crippen LogP contribution in [0, 0.1) is 5.82 Å². The number of rotatable bonds is 7. The van der Waals surface area contributed by atoms with Crippen molar-refractivity contribution in [2.24, 2.45) is 10.2 Å². The maximum absolute atomic E-state index is 13.0. The van der Waals surface area contributed by atoms with Crippen molar-refractivity contribution < 1.29 is 14.0 Å². The molecule has 3 rings (SSSR count). The zero-order valence-electron chi connectivity index (χ0n) is 15.0. The molecule has 1 aliphatic rings. The van der Waals surface area contributed by atoms with Crippen LogP contribution in [0.25, 0.3) is 0 Å². The summed E-state index contributed by atoms with van der Waals surface area (Å²) in [5.74, 6) is -0.849. The first-order chi connectivity index (χ1) is 13.6. The van der Waals surface area contributed by atoms with E-state index in [1.54, 1.807) is 12.3 Å². The van der Waals surface area contributed by atoms with Gasteiger partial charge < -0.3 is 0 Å². The third-order valence-corrected chi connectivity index (χ3v) is 5.18. The topological polar surface area (TPSA) is 62.1 Å². The second-order valence-electron chi connectivity index (χ2n) is 6.02. The van der Waals surface area contributed by atoms with Gasteiger partial charge in [-0.2, -0.15) is 5.10 Å². The Labute approximate surface area is 166 Å². The monoisotopic (exact) mass is 395 g/mol. The first kappa shape index (κ1) is 19.7. The number of hydrogen-bond acceptors (Lipinski definition) is 5. The van der Waals surface area contributed by atoms with E-state index in [1.165, 1.54) is 40.9 Å². The Hall–Kier alpha value is -3.06. The molecule has 1 aliphatic heterocycles. The van der Waals surface area contributed by atoms with Gasteiger partial charge in [0.1, 0.15) is 5.82 Å². The summed E-state index contributed by atoms with van der Waals surface area (Å²) in [5, 5.41) is 8.05. The van der Waals surface area contributed by atoms with E-state index in [2.05, 4.69) is 16.8 Å². The maximum Gasteiger partial charge on any atom is 0.242 e. The van der Waals surface area contributed by atoms with E-state index >= 15 is 0 Å². The van der Waals surface area contributed by atoms with Gasteiger partial charge >= 0.3 is 0 Å². The molecule has 0 unspecified atom stereocenters. The van der Waals surface area contributed by atoms with E-state index in [0.29, 0.717) is 10.7 Å². The van der Waals surface area contributed by atoms with Crippen LogP contribution in [0.4, 0.5) is 4.39 Å². The molecule has 0 N–H and O–H groups in total.